The Labute approximate surface area is 171 Å². The van der Waals surface area contributed by atoms with Crippen LogP contribution in [-0.4, -0.2) is 57.2 Å². The molecule has 1 amide bonds. The minimum atomic E-state index is -3.21. The van der Waals surface area contributed by atoms with E-state index in [2.05, 4.69) is 20.4 Å². The van der Waals surface area contributed by atoms with Crippen molar-refractivity contribution in [1.29, 1.82) is 0 Å². The van der Waals surface area contributed by atoms with Crippen LogP contribution in [0.15, 0.2) is 24.5 Å². The van der Waals surface area contributed by atoms with Crippen molar-refractivity contribution in [3.05, 3.63) is 30.2 Å². The fourth-order valence-corrected chi connectivity index (χ4v) is 4.33. The molecule has 1 saturated heterocycles. The van der Waals surface area contributed by atoms with Crippen LogP contribution in [0.1, 0.15) is 46.2 Å². The first-order valence-electron chi connectivity index (χ1n) is 9.78. The molecule has 0 saturated carbocycles. The Hall–Kier alpha value is -2.33. The molecular formula is C19H28N6O3S. The summed E-state index contributed by atoms with van der Waals surface area (Å²) in [6, 6.07) is 3.55. The zero-order valence-corrected chi connectivity index (χ0v) is 18.1. The molecule has 1 fully saturated rings. The van der Waals surface area contributed by atoms with Gasteiger partial charge in [-0.3, -0.25) is 4.79 Å². The molecule has 0 bridgehead atoms. The molecule has 2 aromatic rings. The monoisotopic (exact) mass is 420 g/mol. The van der Waals surface area contributed by atoms with E-state index in [0.29, 0.717) is 37.7 Å². The van der Waals surface area contributed by atoms with Gasteiger partial charge in [0, 0.05) is 42.9 Å². The van der Waals surface area contributed by atoms with Crippen LogP contribution in [-0.2, 0) is 20.2 Å². The van der Waals surface area contributed by atoms with E-state index in [9.17, 15) is 13.2 Å². The van der Waals surface area contributed by atoms with Crippen LogP contribution < -0.4 is 5.32 Å². The number of carbonyl (C=O) groups excluding carboxylic acids is 1. The van der Waals surface area contributed by atoms with Crippen LogP contribution in [0.25, 0.3) is 5.95 Å². The summed E-state index contributed by atoms with van der Waals surface area (Å²) >= 11 is 0. The highest BCUT2D eigenvalue weighted by Crippen LogP contribution is 2.27. The molecule has 158 valence electrons. The van der Waals surface area contributed by atoms with Crippen molar-refractivity contribution >= 4 is 21.7 Å². The number of amides is 1. The smallest absolute Gasteiger partial charge is 0.252 e. The molecule has 0 radical (unpaired) electrons. The molecule has 10 heteroatoms. The minimum Gasteiger partial charge on any atom is -0.310 e. The van der Waals surface area contributed by atoms with Crippen LogP contribution >= 0.6 is 0 Å². The molecule has 0 spiro atoms. The van der Waals surface area contributed by atoms with Crippen LogP contribution in [0.4, 0.5) is 5.82 Å². The summed E-state index contributed by atoms with van der Waals surface area (Å²) in [6.45, 7) is 8.49. The summed E-state index contributed by atoms with van der Waals surface area (Å²) in [4.78, 5) is 21.3. The van der Waals surface area contributed by atoms with E-state index in [0.717, 1.165) is 5.69 Å². The number of carbonyl (C=O) groups is 1. The van der Waals surface area contributed by atoms with Gasteiger partial charge in [0.15, 0.2) is 0 Å². The standard InChI is InChI=1S/C19H28N6O3S/c1-5-29(27,28)24-11-7-14(8-12-24)17(26)22-16-13-15(19(2,3)4)23-25(16)18-20-9-6-10-21-18/h6,9-10,13-14H,5,7-8,11-12H2,1-4H3,(H,22,26). The van der Waals surface area contributed by atoms with Gasteiger partial charge < -0.3 is 5.32 Å². The minimum absolute atomic E-state index is 0.0791. The second-order valence-electron chi connectivity index (χ2n) is 8.19. The molecule has 0 aliphatic carbocycles. The summed E-state index contributed by atoms with van der Waals surface area (Å²) in [6.07, 6.45) is 4.23. The molecular weight excluding hydrogens is 392 g/mol. The fraction of sp³-hybridized carbons (Fsp3) is 0.579. The Bertz CT molecular complexity index is 958. The molecule has 0 aromatic carbocycles. The van der Waals surface area contributed by atoms with Crippen LogP contribution in [0.2, 0.25) is 0 Å². The molecule has 29 heavy (non-hydrogen) atoms. The van der Waals surface area contributed by atoms with E-state index < -0.39 is 10.0 Å². The van der Waals surface area contributed by atoms with Crippen molar-refractivity contribution in [2.45, 2.75) is 46.0 Å². The Morgan fingerprint density at radius 2 is 1.83 bits per heavy atom. The number of nitrogens with one attached hydrogen (secondary N) is 1. The maximum Gasteiger partial charge on any atom is 0.252 e. The summed E-state index contributed by atoms with van der Waals surface area (Å²) in [7, 11) is -3.21. The van der Waals surface area contributed by atoms with Gasteiger partial charge in [0.05, 0.1) is 11.4 Å². The molecule has 0 atom stereocenters. The number of sulfonamides is 1. The number of rotatable bonds is 5. The van der Waals surface area contributed by atoms with Crippen molar-refractivity contribution in [2.75, 3.05) is 24.2 Å². The maximum atomic E-state index is 12.9. The average Bonchev–Trinajstić information content (AvgIpc) is 3.13. The molecule has 3 rings (SSSR count). The lowest BCUT2D eigenvalue weighted by Gasteiger charge is -2.30. The molecule has 2 aromatic heterocycles. The van der Waals surface area contributed by atoms with E-state index in [4.69, 9.17) is 0 Å². The Balaban J connectivity index is 1.78. The van der Waals surface area contributed by atoms with Crippen molar-refractivity contribution in [1.82, 2.24) is 24.1 Å². The summed E-state index contributed by atoms with van der Waals surface area (Å²) in [5.41, 5.74) is 0.600. The number of nitrogens with zero attached hydrogens (tertiary/aromatic N) is 5. The first-order valence-corrected chi connectivity index (χ1v) is 11.4. The van der Waals surface area contributed by atoms with Crippen molar-refractivity contribution in [3.63, 3.8) is 0 Å². The normalized spacial score (nSPS) is 16.7. The molecule has 1 aliphatic rings. The molecule has 0 unspecified atom stereocenters. The number of anilines is 1. The highest BCUT2D eigenvalue weighted by Gasteiger charge is 2.31. The highest BCUT2D eigenvalue weighted by molar-refractivity contribution is 7.89. The zero-order valence-electron chi connectivity index (χ0n) is 17.3. The third-order valence-electron chi connectivity index (χ3n) is 5.05. The largest absolute Gasteiger partial charge is 0.310 e. The summed E-state index contributed by atoms with van der Waals surface area (Å²) < 4.78 is 27.0. The van der Waals surface area contributed by atoms with E-state index in [-0.39, 0.29) is 23.0 Å². The summed E-state index contributed by atoms with van der Waals surface area (Å²) in [5, 5.41) is 7.55. The molecule has 1 aliphatic heterocycles. The van der Waals surface area contributed by atoms with Gasteiger partial charge in [-0.15, -0.1) is 0 Å². The molecule has 9 nitrogen and oxygen atoms in total. The Morgan fingerprint density at radius 3 is 2.38 bits per heavy atom. The van der Waals surface area contributed by atoms with E-state index in [1.807, 2.05) is 26.8 Å². The van der Waals surface area contributed by atoms with Gasteiger partial charge in [-0.2, -0.15) is 9.78 Å². The van der Waals surface area contributed by atoms with Gasteiger partial charge in [0.25, 0.3) is 5.95 Å². The van der Waals surface area contributed by atoms with Gasteiger partial charge in [0.2, 0.25) is 15.9 Å². The van der Waals surface area contributed by atoms with Crippen molar-refractivity contribution < 1.29 is 13.2 Å². The topological polar surface area (TPSA) is 110 Å². The number of hydrogen-bond acceptors (Lipinski definition) is 6. The van der Waals surface area contributed by atoms with Crippen molar-refractivity contribution in [2.24, 2.45) is 5.92 Å². The third kappa shape index (κ3) is 4.81. The van der Waals surface area contributed by atoms with Crippen molar-refractivity contribution in [3.8, 4) is 5.95 Å². The van der Waals surface area contributed by atoms with Crippen LogP contribution in [0.3, 0.4) is 0 Å². The van der Waals surface area contributed by atoms with E-state index in [1.54, 1.807) is 25.4 Å². The third-order valence-corrected chi connectivity index (χ3v) is 6.94. The van der Waals surface area contributed by atoms with Gasteiger partial charge in [-0.05, 0) is 25.8 Å². The first kappa shape index (κ1) is 21.4. The SMILES string of the molecule is CCS(=O)(=O)N1CCC(C(=O)Nc2cc(C(C)(C)C)nn2-c2ncccn2)CC1. The molecule has 3 heterocycles. The Kier molecular flexibility index (Phi) is 6.04. The predicted octanol–water partition coefficient (Wildman–Crippen LogP) is 1.96. The van der Waals surface area contributed by atoms with Gasteiger partial charge in [0.1, 0.15) is 5.82 Å². The summed E-state index contributed by atoms with van der Waals surface area (Å²) in [5.74, 6) is 0.569. The molecule has 1 N–H and O–H groups in total. The second-order valence-corrected chi connectivity index (χ2v) is 10.4. The fourth-order valence-electron chi connectivity index (χ4n) is 3.20. The number of piperidine rings is 1. The lowest BCUT2D eigenvalue weighted by atomic mass is 9.92. The van der Waals surface area contributed by atoms with Gasteiger partial charge >= 0.3 is 0 Å². The number of hydrogen-bond donors (Lipinski definition) is 1. The van der Waals surface area contributed by atoms with Gasteiger partial charge in [-0.1, -0.05) is 20.8 Å². The lowest BCUT2D eigenvalue weighted by molar-refractivity contribution is -0.120. The van der Waals surface area contributed by atoms with E-state index >= 15 is 0 Å². The van der Waals surface area contributed by atoms with Crippen LogP contribution in [0.5, 0.6) is 0 Å². The number of aromatic nitrogens is 4. The van der Waals surface area contributed by atoms with Gasteiger partial charge in [-0.25, -0.2) is 22.7 Å². The highest BCUT2D eigenvalue weighted by atomic mass is 32.2. The first-order chi connectivity index (χ1) is 13.6. The lowest BCUT2D eigenvalue weighted by Crippen LogP contribution is -2.42. The maximum absolute atomic E-state index is 12.9. The van der Waals surface area contributed by atoms with Crippen LogP contribution in [0, 0.1) is 5.92 Å². The quantitative estimate of drug-likeness (QED) is 0.792. The average molecular weight is 421 g/mol. The predicted molar refractivity (Wildman–Crippen MR) is 110 cm³/mol. The van der Waals surface area contributed by atoms with E-state index in [1.165, 1.54) is 8.99 Å². The second kappa shape index (κ2) is 8.19. The zero-order chi connectivity index (χ0) is 21.2. The Morgan fingerprint density at radius 1 is 1.21 bits per heavy atom.